The first-order chi connectivity index (χ1) is 7.04. The van der Waals surface area contributed by atoms with Gasteiger partial charge in [0.2, 0.25) is 0 Å². The first kappa shape index (κ1) is 11.5. The van der Waals surface area contributed by atoms with Crippen LogP contribution < -0.4 is 5.69 Å². The molecule has 0 bridgehead atoms. The van der Waals surface area contributed by atoms with E-state index in [1.54, 1.807) is 6.92 Å². The van der Waals surface area contributed by atoms with Gasteiger partial charge in [0, 0.05) is 6.54 Å². The quantitative estimate of drug-likeness (QED) is 0.687. The number of H-pyrrole nitrogens is 2. The molecular formula is C9H15N3O3. The molecule has 84 valence electrons. The zero-order chi connectivity index (χ0) is 11.4. The van der Waals surface area contributed by atoms with E-state index in [-0.39, 0.29) is 12.3 Å². The lowest BCUT2D eigenvalue weighted by atomic mass is 10.3. The predicted molar refractivity (Wildman–Crippen MR) is 54.8 cm³/mol. The lowest BCUT2D eigenvalue weighted by molar-refractivity contribution is 0.0518. The summed E-state index contributed by atoms with van der Waals surface area (Å²) >= 11 is 0. The summed E-state index contributed by atoms with van der Waals surface area (Å²) < 4.78 is 4.82. The second kappa shape index (κ2) is 4.79. The third-order valence-corrected chi connectivity index (χ3v) is 1.76. The summed E-state index contributed by atoms with van der Waals surface area (Å²) in [7, 11) is 3.69. The highest BCUT2D eigenvalue weighted by Crippen LogP contribution is 2.04. The van der Waals surface area contributed by atoms with Crippen LogP contribution in [0.3, 0.4) is 0 Å². The molecule has 0 aromatic carbocycles. The Morgan fingerprint density at radius 2 is 2.07 bits per heavy atom. The van der Waals surface area contributed by atoms with Crippen LogP contribution in [0.25, 0.3) is 0 Å². The van der Waals surface area contributed by atoms with Crippen molar-refractivity contribution < 1.29 is 9.53 Å². The van der Waals surface area contributed by atoms with Gasteiger partial charge in [0.05, 0.1) is 12.3 Å². The van der Waals surface area contributed by atoms with Gasteiger partial charge in [-0.25, -0.2) is 9.59 Å². The second-order valence-electron chi connectivity index (χ2n) is 3.39. The van der Waals surface area contributed by atoms with Gasteiger partial charge in [-0.3, -0.25) is 4.98 Å². The van der Waals surface area contributed by atoms with Gasteiger partial charge < -0.3 is 14.6 Å². The molecule has 0 spiro atoms. The largest absolute Gasteiger partial charge is 0.461 e. The highest BCUT2D eigenvalue weighted by atomic mass is 16.5. The molecular weight excluding hydrogens is 198 g/mol. The number of hydrogen-bond donors (Lipinski definition) is 2. The molecule has 1 rings (SSSR count). The van der Waals surface area contributed by atoms with Crippen LogP contribution in [0.2, 0.25) is 0 Å². The maximum absolute atomic E-state index is 11.4. The van der Waals surface area contributed by atoms with Crippen LogP contribution in [0.5, 0.6) is 0 Å². The van der Waals surface area contributed by atoms with Crippen LogP contribution in [0, 0.1) is 0 Å². The number of ether oxygens (including phenoxy) is 1. The Kier molecular flexibility index (Phi) is 3.68. The van der Waals surface area contributed by atoms with Crippen molar-refractivity contribution in [1.29, 1.82) is 0 Å². The van der Waals surface area contributed by atoms with E-state index in [1.165, 1.54) is 0 Å². The standard InChI is InChI=1S/C9H15N3O3/c1-4-15-8(13)7-6(5-12(2)3)10-9(14)11-7/h4-5H2,1-3H3,(H2,10,11,14). The van der Waals surface area contributed by atoms with E-state index >= 15 is 0 Å². The van der Waals surface area contributed by atoms with Gasteiger partial charge in [0.1, 0.15) is 5.69 Å². The van der Waals surface area contributed by atoms with Crippen molar-refractivity contribution in [2.45, 2.75) is 13.5 Å². The predicted octanol–water partition coefficient (Wildman–Crippen LogP) is -0.0587. The van der Waals surface area contributed by atoms with E-state index in [2.05, 4.69) is 9.97 Å². The normalized spacial score (nSPS) is 10.7. The highest BCUT2D eigenvalue weighted by Gasteiger charge is 2.16. The summed E-state index contributed by atoms with van der Waals surface area (Å²) in [5.41, 5.74) is 0.355. The fourth-order valence-corrected chi connectivity index (χ4v) is 1.23. The molecule has 1 aromatic rings. The van der Waals surface area contributed by atoms with E-state index in [0.717, 1.165) is 0 Å². The Morgan fingerprint density at radius 1 is 1.40 bits per heavy atom. The van der Waals surface area contributed by atoms with Crippen LogP contribution in [-0.4, -0.2) is 41.5 Å². The molecule has 0 aliphatic carbocycles. The van der Waals surface area contributed by atoms with Gasteiger partial charge in [-0.2, -0.15) is 0 Å². The SMILES string of the molecule is CCOC(=O)c1[nH]c(=O)[nH]c1CN(C)C. The smallest absolute Gasteiger partial charge is 0.356 e. The Balaban J connectivity index is 2.95. The van der Waals surface area contributed by atoms with Gasteiger partial charge in [-0.15, -0.1) is 0 Å². The summed E-state index contributed by atoms with van der Waals surface area (Å²) in [5, 5.41) is 0. The first-order valence-electron chi connectivity index (χ1n) is 4.67. The third-order valence-electron chi connectivity index (χ3n) is 1.76. The number of nitrogens with one attached hydrogen (secondary N) is 2. The molecule has 6 heteroatoms. The number of aromatic nitrogens is 2. The molecule has 0 amide bonds. The number of hydrogen-bond acceptors (Lipinski definition) is 4. The number of rotatable bonds is 4. The molecule has 15 heavy (non-hydrogen) atoms. The van der Waals surface area contributed by atoms with E-state index in [9.17, 15) is 9.59 Å². The molecule has 0 saturated carbocycles. The van der Waals surface area contributed by atoms with Crippen LogP contribution in [0.15, 0.2) is 4.79 Å². The molecule has 0 atom stereocenters. The van der Waals surface area contributed by atoms with Crippen LogP contribution >= 0.6 is 0 Å². The maximum atomic E-state index is 11.4. The number of esters is 1. The molecule has 0 fully saturated rings. The molecule has 0 radical (unpaired) electrons. The molecule has 2 N–H and O–H groups in total. The molecule has 0 aliphatic heterocycles. The summed E-state index contributed by atoms with van der Waals surface area (Å²) in [6.45, 7) is 2.48. The van der Waals surface area contributed by atoms with Crippen molar-refractivity contribution in [2.24, 2.45) is 0 Å². The summed E-state index contributed by atoms with van der Waals surface area (Å²) in [4.78, 5) is 29.3. The van der Waals surface area contributed by atoms with Crippen molar-refractivity contribution in [2.75, 3.05) is 20.7 Å². The molecule has 0 saturated heterocycles. The highest BCUT2D eigenvalue weighted by molar-refractivity contribution is 5.88. The number of carbonyl (C=O) groups excluding carboxylic acids is 1. The van der Waals surface area contributed by atoms with Gasteiger partial charge in [0.15, 0.2) is 0 Å². The number of aromatic amines is 2. The van der Waals surface area contributed by atoms with Crippen molar-refractivity contribution in [3.63, 3.8) is 0 Å². The second-order valence-corrected chi connectivity index (χ2v) is 3.39. The average molecular weight is 213 g/mol. The van der Waals surface area contributed by atoms with Crippen molar-refractivity contribution in [3.8, 4) is 0 Å². The maximum Gasteiger partial charge on any atom is 0.356 e. The number of carbonyl (C=O) groups is 1. The topological polar surface area (TPSA) is 78.2 Å². The van der Waals surface area contributed by atoms with Gasteiger partial charge >= 0.3 is 11.7 Å². The van der Waals surface area contributed by atoms with Gasteiger partial charge in [-0.1, -0.05) is 0 Å². The minimum Gasteiger partial charge on any atom is -0.461 e. The molecule has 6 nitrogen and oxygen atoms in total. The summed E-state index contributed by atoms with van der Waals surface area (Å²) in [5.74, 6) is -0.507. The average Bonchev–Trinajstić information content (AvgIpc) is 2.46. The van der Waals surface area contributed by atoms with Crippen LogP contribution in [-0.2, 0) is 11.3 Å². The van der Waals surface area contributed by atoms with Crippen LogP contribution in [0.1, 0.15) is 23.1 Å². The van der Waals surface area contributed by atoms with Gasteiger partial charge in [0.25, 0.3) is 0 Å². The van der Waals surface area contributed by atoms with Crippen molar-refractivity contribution in [3.05, 3.63) is 21.9 Å². The Bertz CT molecular complexity index is 392. The number of imidazole rings is 1. The Morgan fingerprint density at radius 3 is 2.60 bits per heavy atom. The molecule has 0 aliphatic rings. The van der Waals surface area contributed by atoms with Crippen molar-refractivity contribution in [1.82, 2.24) is 14.9 Å². The molecule has 1 heterocycles. The summed E-state index contributed by atoms with van der Waals surface area (Å²) in [6.07, 6.45) is 0. The van der Waals surface area contributed by atoms with E-state index in [4.69, 9.17) is 4.74 Å². The lowest BCUT2D eigenvalue weighted by Gasteiger charge is -2.08. The fourth-order valence-electron chi connectivity index (χ4n) is 1.23. The third kappa shape index (κ3) is 2.95. The lowest BCUT2D eigenvalue weighted by Crippen LogP contribution is -2.15. The monoisotopic (exact) mass is 213 g/mol. The first-order valence-corrected chi connectivity index (χ1v) is 4.67. The van der Waals surface area contributed by atoms with Crippen LogP contribution in [0.4, 0.5) is 0 Å². The van der Waals surface area contributed by atoms with E-state index in [0.29, 0.717) is 12.2 Å². The summed E-state index contributed by atoms with van der Waals surface area (Å²) in [6, 6.07) is 0. The minimum atomic E-state index is -0.507. The minimum absolute atomic E-state index is 0.204. The van der Waals surface area contributed by atoms with Crippen molar-refractivity contribution >= 4 is 5.97 Å². The molecule has 1 aromatic heterocycles. The zero-order valence-corrected chi connectivity index (χ0v) is 9.09. The van der Waals surface area contributed by atoms with E-state index < -0.39 is 11.7 Å². The zero-order valence-electron chi connectivity index (χ0n) is 9.09. The van der Waals surface area contributed by atoms with E-state index in [1.807, 2.05) is 19.0 Å². The Labute approximate surface area is 87.2 Å². The van der Waals surface area contributed by atoms with Gasteiger partial charge in [-0.05, 0) is 21.0 Å². The molecule has 0 unspecified atom stereocenters. The number of nitrogens with zero attached hydrogens (tertiary/aromatic N) is 1. The Hall–Kier alpha value is -1.56. The fraction of sp³-hybridized carbons (Fsp3) is 0.556.